The van der Waals surface area contributed by atoms with Crippen LogP contribution in [0.15, 0.2) is 4.90 Å². The van der Waals surface area contributed by atoms with Crippen LogP contribution in [0.3, 0.4) is 0 Å². The largest absolute Gasteiger partial charge is 0.394 e. The van der Waals surface area contributed by atoms with E-state index in [1.807, 2.05) is 6.92 Å². The summed E-state index contributed by atoms with van der Waals surface area (Å²) in [5, 5.41) is 16.2. The van der Waals surface area contributed by atoms with E-state index in [4.69, 9.17) is 10.8 Å². The Labute approximate surface area is 112 Å². The molecule has 1 saturated carbocycles. The summed E-state index contributed by atoms with van der Waals surface area (Å²) < 4.78 is 25.0. The van der Waals surface area contributed by atoms with E-state index in [9.17, 15) is 8.42 Å². The average molecular weight is 288 g/mol. The Bertz CT molecular complexity index is 563. The van der Waals surface area contributed by atoms with Gasteiger partial charge in [0.25, 0.3) is 0 Å². The van der Waals surface area contributed by atoms with E-state index in [0.29, 0.717) is 5.92 Å². The first-order chi connectivity index (χ1) is 8.84. The maximum absolute atomic E-state index is 11.8. The van der Waals surface area contributed by atoms with Crippen molar-refractivity contribution in [3.8, 4) is 0 Å². The van der Waals surface area contributed by atoms with Gasteiger partial charge in [-0.1, -0.05) is 0 Å². The highest BCUT2D eigenvalue weighted by molar-refractivity contribution is 7.91. The number of sulfone groups is 1. The predicted octanol–water partition coefficient (Wildman–Crippen LogP) is 0.0715. The van der Waals surface area contributed by atoms with Crippen LogP contribution >= 0.6 is 0 Å². The minimum Gasteiger partial charge on any atom is -0.394 e. The highest BCUT2D eigenvalue weighted by Gasteiger charge is 2.31. The van der Waals surface area contributed by atoms with Gasteiger partial charge in [-0.2, -0.15) is 5.10 Å². The molecule has 108 valence electrons. The summed E-state index contributed by atoms with van der Waals surface area (Å²) in [5.74, 6) is 0.923. The monoisotopic (exact) mass is 288 g/mol. The molecule has 2 rings (SSSR count). The SMILES string of the molecule is CC(Nc1nn(CCO)c(N)c1S(C)(=O)=O)C1CC1. The first-order valence-corrected chi connectivity index (χ1v) is 8.17. The van der Waals surface area contributed by atoms with E-state index in [1.54, 1.807) is 0 Å². The maximum atomic E-state index is 11.8. The molecule has 0 spiro atoms. The van der Waals surface area contributed by atoms with Crippen LogP contribution in [0.1, 0.15) is 19.8 Å². The second-order valence-electron chi connectivity index (χ2n) is 5.05. The van der Waals surface area contributed by atoms with Gasteiger partial charge in [-0.15, -0.1) is 0 Å². The molecule has 0 aliphatic heterocycles. The van der Waals surface area contributed by atoms with Crippen molar-refractivity contribution in [1.82, 2.24) is 9.78 Å². The lowest BCUT2D eigenvalue weighted by molar-refractivity contribution is 0.270. The molecule has 8 heteroatoms. The highest BCUT2D eigenvalue weighted by atomic mass is 32.2. The number of aromatic nitrogens is 2. The molecule has 0 radical (unpaired) electrons. The Kier molecular flexibility index (Phi) is 3.73. The zero-order chi connectivity index (χ0) is 14.2. The lowest BCUT2D eigenvalue weighted by atomic mass is 10.2. The van der Waals surface area contributed by atoms with Crippen molar-refractivity contribution in [2.24, 2.45) is 5.92 Å². The Morgan fingerprint density at radius 1 is 1.58 bits per heavy atom. The molecule has 0 saturated heterocycles. The van der Waals surface area contributed by atoms with E-state index in [0.717, 1.165) is 19.1 Å². The summed E-state index contributed by atoms with van der Waals surface area (Å²) >= 11 is 0. The first-order valence-electron chi connectivity index (χ1n) is 6.28. The van der Waals surface area contributed by atoms with E-state index < -0.39 is 9.84 Å². The Morgan fingerprint density at radius 2 is 2.21 bits per heavy atom. The molecule has 19 heavy (non-hydrogen) atoms. The molecule has 1 unspecified atom stereocenters. The van der Waals surface area contributed by atoms with Crippen LogP contribution in [0.2, 0.25) is 0 Å². The summed E-state index contributed by atoms with van der Waals surface area (Å²) in [4.78, 5) is 0.0217. The summed E-state index contributed by atoms with van der Waals surface area (Å²) in [6.45, 7) is 2.03. The third kappa shape index (κ3) is 3.01. The summed E-state index contributed by atoms with van der Waals surface area (Å²) in [7, 11) is -3.47. The molecule has 1 aromatic rings. The molecule has 1 fully saturated rings. The molecule has 1 aromatic heterocycles. The zero-order valence-corrected chi connectivity index (χ0v) is 11.9. The van der Waals surface area contributed by atoms with Crippen molar-refractivity contribution in [3.63, 3.8) is 0 Å². The minimum absolute atomic E-state index is 0.0217. The van der Waals surface area contributed by atoms with E-state index in [1.165, 1.54) is 4.68 Å². The average Bonchev–Trinajstić information content (AvgIpc) is 3.06. The molecule has 0 bridgehead atoms. The fraction of sp³-hybridized carbons (Fsp3) is 0.727. The molecule has 1 aliphatic rings. The minimum atomic E-state index is -3.47. The smallest absolute Gasteiger partial charge is 0.182 e. The van der Waals surface area contributed by atoms with Gasteiger partial charge in [0.15, 0.2) is 20.6 Å². The van der Waals surface area contributed by atoms with Gasteiger partial charge < -0.3 is 16.2 Å². The second kappa shape index (κ2) is 5.01. The molecule has 7 nitrogen and oxygen atoms in total. The summed E-state index contributed by atoms with van der Waals surface area (Å²) in [6, 6.07) is 0.164. The lowest BCUT2D eigenvalue weighted by Gasteiger charge is -2.12. The number of nitrogens with one attached hydrogen (secondary N) is 1. The third-order valence-corrected chi connectivity index (χ3v) is 4.47. The van der Waals surface area contributed by atoms with Gasteiger partial charge in [0.2, 0.25) is 0 Å². The van der Waals surface area contributed by atoms with Gasteiger partial charge in [0.05, 0.1) is 13.2 Å². The van der Waals surface area contributed by atoms with E-state index >= 15 is 0 Å². The highest BCUT2D eigenvalue weighted by Crippen LogP contribution is 2.35. The number of hydrogen-bond donors (Lipinski definition) is 3. The van der Waals surface area contributed by atoms with Gasteiger partial charge in [-0.25, -0.2) is 13.1 Å². The second-order valence-corrected chi connectivity index (χ2v) is 7.00. The molecule has 1 atom stereocenters. The third-order valence-electron chi connectivity index (χ3n) is 3.32. The Hall–Kier alpha value is -1.28. The number of aliphatic hydroxyl groups is 1. The van der Waals surface area contributed by atoms with Crippen molar-refractivity contribution >= 4 is 21.5 Å². The van der Waals surface area contributed by atoms with Crippen molar-refractivity contribution in [2.75, 3.05) is 23.9 Å². The quantitative estimate of drug-likeness (QED) is 0.683. The van der Waals surface area contributed by atoms with Crippen LogP contribution in [0.4, 0.5) is 11.6 Å². The van der Waals surface area contributed by atoms with Crippen molar-refractivity contribution < 1.29 is 13.5 Å². The van der Waals surface area contributed by atoms with Crippen LogP contribution in [-0.4, -0.2) is 42.2 Å². The lowest BCUT2D eigenvalue weighted by Crippen LogP contribution is -2.19. The maximum Gasteiger partial charge on any atom is 0.182 e. The van der Waals surface area contributed by atoms with Crippen molar-refractivity contribution in [2.45, 2.75) is 37.2 Å². The first kappa shape index (κ1) is 14.1. The number of hydrogen-bond acceptors (Lipinski definition) is 6. The number of rotatable bonds is 6. The summed E-state index contributed by atoms with van der Waals surface area (Å²) in [5.41, 5.74) is 5.81. The molecular weight excluding hydrogens is 268 g/mol. The fourth-order valence-electron chi connectivity index (χ4n) is 2.11. The molecular formula is C11H20N4O3S. The molecule has 1 heterocycles. The van der Waals surface area contributed by atoms with Crippen molar-refractivity contribution in [3.05, 3.63) is 0 Å². The van der Waals surface area contributed by atoms with Crippen molar-refractivity contribution in [1.29, 1.82) is 0 Å². The van der Waals surface area contributed by atoms with Crippen LogP contribution < -0.4 is 11.1 Å². The van der Waals surface area contributed by atoms with E-state index in [-0.39, 0.29) is 35.7 Å². The van der Waals surface area contributed by atoms with Gasteiger partial charge in [-0.3, -0.25) is 0 Å². The molecule has 1 aliphatic carbocycles. The number of aliphatic hydroxyl groups excluding tert-OH is 1. The number of nitrogens with two attached hydrogens (primary N) is 1. The standard InChI is InChI=1S/C11H20N4O3S/c1-7(8-3-4-8)13-11-9(19(2,17)18)10(12)15(14-11)5-6-16/h7-8,16H,3-6,12H2,1-2H3,(H,13,14). The van der Waals surface area contributed by atoms with Crippen LogP contribution in [0, 0.1) is 5.92 Å². The predicted molar refractivity (Wildman–Crippen MR) is 72.6 cm³/mol. The Balaban J connectivity index is 2.36. The van der Waals surface area contributed by atoms with Crippen LogP contribution in [0.25, 0.3) is 0 Å². The van der Waals surface area contributed by atoms with Crippen LogP contribution in [0.5, 0.6) is 0 Å². The molecule has 4 N–H and O–H groups in total. The van der Waals surface area contributed by atoms with Gasteiger partial charge in [0.1, 0.15) is 5.82 Å². The number of nitrogens with zero attached hydrogens (tertiary/aromatic N) is 2. The topological polar surface area (TPSA) is 110 Å². The van der Waals surface area contributed by atoms with E-state index in [2.05, 4.69) is 10.4 Å². The summed E-state index contributed by atoms with van der Waals surface area (Å²) in [6.07, 6.45) is 3.40. The zero-order valence-electron chi connectivity index (χ0n) is 11.1. The Morgan fingerprint density at radius 3 is 2.68 bits per heavy atom. The fourth-order valence-corrected chi connectivity index (χ4v) is 3.05. The van der Waals surface area contributed by atoms with Crippen LogP contribution in [-0.2, 0) is 16.4 Å². The van der Waals surface area contributed by atoms with Gasteiger partial charge in [0, 0.05) is 12.3 Å². The molecule has 0 amide bonds. The number of anilines is 2. The van der Waals surface area contributed by atoms with Gasteiger partial charge in [-0.05, 0) is 25.7 Å². The molecule has 0 aromatic carbocycles. The van der Waals surface area contributed by atoms with Gasteiger partial charge >= 0.3 is 0 Å². The normalized spacial score (nSPS) is 17.4. The number of nitrogen functional groups attached to an aromatic ring is 1.